The van der Waals surface area contributed by atoms with Crippen molar-refractivity contribution < 1.29 is 9.52 Å². The molecule has 0 unspecified atom stereocenters. The Morgan fingerprint density at radius 3 is 2.52 bits per heavy atom. The van der Waals surface area contributed by atoms with E-state index in [1.54, 1.807) is 18.2 Å². The highest BCUT2D eigenvalue weighted by Gasteiger charge is 2.03. The topological polar surface area (TPSA) is 49.5 Å². The molecule has 0 fully saturated rings. The summed E-state index contributed by atoms with van der Waals surface area (Å²) in [6.45, 7) is 0. The molecule has 0 aliphatic rings. The van der Waals surface area contributed by atoms with Gasteiger partial charge < -0.3 is 14.4 Å². The monoisotopic (exact) mass is 280 g/mol. The number of phenols is 1. The van der Waals surface area contributed by atoms with Crippen LogP contribution in [0.15, 0.2) is 46.9 Å². The minimum Gasteiger partial charge on any atom is -0.508 e. The minimum atomic E-state index is 0.174. The average Bonchev–Trinajstić information content (AvgIpc) is 2.87. The van der Waals surface area contributed by atoms with Crippen LogP contribution in [0.4, 0.5) is 5.69 Å². The maximum atomic E-state index is 9.41. The first kappa shape index (κ1) is 13.2. The Hall–Kier alpha value is -2.75. The lowest BCUT2D eigenvalue weighted by molar-refractivity contribution is 0.474. The second kappa shape index (κ2) is 5.32. The number of hydrogen-bond donors (Lipinski definition) is 1. The molecule has 0 amide bonds. The van der Waals surface area contributed by atoms with Gasteiger partial charge in [-0.1, -0.05) is 12.1 Å². The van der Waals surface area contributed by atoms with Crippen LogP contribution in [-0.4, -0.2) is 24.2 Å². The van der Waals surface area contributed by atoms with Crippen molar-refractivity contribution >= 4 is 28.9 Å². The first-order valence-electron chi connectivity index (χ1n) is 6.67. The number of fused-ring (bicyclic) bond motifs is 1. The summed E-state index contributed by atoms with van der Waals surface area (Å²) in [6, 6.07) is 13.1. The van der Waals surface area contributed by atoms with E-state index in [0.717, 1.165) is 16.8 Å². The molecule has 4 heteroatoms. The van der Waals surface area contributed by atoms with E-state index in [4.69, 9.17) is 4.42 Å². The van der Waals surface area contributed by atoms with Gasteiger partial charge in [-0.3, -0.25) is 0 Å². The summed E-state index contributed by atoms with van der Waals surface area (Å²) in [5, 5.41) is 9.41. The zero-order chi connectivity index (χ0) is 14.8. The third kappa shape index (κ3) is 2.89. The highest BCUT2D eigenvalue weighted by Crippen LogP contribution is 2.22. The molecular weight excluding hydrogens is 264 g/mol. The molecule has 0 aliphatic heterocycles. The lowest BCUT2D eigenvalue weighted by Crippen LogP contribution is -2.07. The maximum Gasteiger partial charge on any atom is 0.220 e. The fourth-order valence-electron chi connectivity index (χ4n) is 2.05. The number of rotatable bonds is 3. The van der Waals surface area contributed by atoms with Gasteiger partial charge in [0.2, 0.25) is 5.89 Å². The molecule has 3 aromatic rings. The van der Waals surface area contributed by atoms with Crippen LogP contribution in [0.3, 0.4) is 0 Å². The van der Waals surface area contributed by atoms with Crippen LogP contribution < -0.4 is 4.90 Å². The van der Waals surface area contributed by atoms with Crippen molar-refractivity contribution in [1.82, 2.24) is 4.98 Å². The second-order valence-corrected chi connectivity index (χ2v) is 5.02. The predicted octanol–water partition coefficient (Wildman–Crippen LogP) is 3.77. The van der Waals surface area contributed by atoms with Crippen LogP contribution in [0.5, 0.6) is 5.75 Å². The van der Waals surface area contributed by atoms with E-state index in [9.17, 15) is 5.11 Å². The Morgan fingerprint density at radius 2 is 1.81 bits per heavy atom. The van der Waals surface area contributed by atoms with E-state index in [0.29, 0.717) is 11.5 Å². The quantitative estimate of drug-likeness (QED) is 0.793. The van der Waals surface area contributed by atoms with Crippen LogP contribution in [-0.2, 0) is 0 Å². The van der Waals surface area contributed by atoms with Gasteiger partial charge in [0.1, 0.15) is 11.3 Å². The van der Waals surface area contributed by atoms with Gasteiger partial charge >= 0.3 is 0 Å². The summed E-state index contributed by atoms with van der Waals surface area (Å²) in [4.78, 5) is 6.40. The Bertz CT molecular complexity index is 786. The Morgan fingerprint density at radius 1 is 1.05 bits per heavy atom. The molecule has 0 bridgehead atoms. The van der Waals surface area contributed by atoms with Gasteiger partial charge in [-0.2, -0.15) is 0 Å². The van der Waals surface area contributed by atoms with E-state index in [-0.39, 0.29) is 5.75 Å². The van der Waals surface area contributed by atoms with Gasteiger partial charge in [0.15, 0.2) is 5.58 Å². The number of hydrogen-bond acceptors (Lipinski definition) is 4. The molecule has 21 heavy (non-hydrogen) atoms. The third-order valence-corrected chi connectivity index (χ3v) is 3.22. The van der Waals surface area contributed by atoms with Crippen molar-refractivity contribution in [2.45, 2.75) is 0 Å². The Balaban J connectivity index is 1.83. The van der Waals surface area contributed by atoms with Crippen LogP contribution in [0.2, 0.25) is 0 Å². The average molecular weight is 280 g/mol. The molecule has 106 valence electrons. The van der Waals surface area contributed by atoms with E-state index < -0.39 is 0 Å². The van der Waals surface area contributed by atoms with Gasteiger partial charge in [0.25, 0.3) is 0 Å². The molecule has 0 radical (unpaired) electrons. The van der Waals surface area contributed by atoms with Gasteiger partial charge in [-0.05, 0) is 35.9 Å². The normalized spacial score (nSPS) is 11.3. The molecule has 0 atom stereocenters. The molecule has 1 N–H and O–H groups in total. The smallest absolute Gasteiger partial charge is 0.220 e. The Kier molecular flexibility index (Phi) is 3.36. The highest BCUT2D eigenvalue weighted by atomic mass is 16.3. The van der Waals surface area contributed by atoms with Gasteiger partial charge in [-0.25, -0.2) is 4.98 Å². The second-order valence-electron chi connectivity index (χ2n) is 5.02. The number of aromatic hydroxyl groups is 1. The van der Waals surface area contributed by atoms with Crippen molar-refractivity contribution in [3.05, 3.63) is 53.9 Å². The van der Waals surface area contributed by atoms with E-state index in [1.807, 2.05) is 38.4 Å². The van der Waals surface area contributed by atoms with Crippen molar-refractivity contribution in [2.24, 2.45) is 0 Å². The van der Waals surface area contributed by atoms with Crippen LogP contribution in [0.25, 0.3) is 23.3 Å². The van der Waals surface area contributed by atoms with Gasteiger partial charge in [0, 0.05) is 31.9 Å². The summed E-state index contributed by atoms with van der Waals surface area (Å²) in [6.07, 6.45) is 3.77. The van der Waals surface area contributed by atoms with E-state index >= 15 is 0 Å². The lowest BCUT2D eigenvalue weighted by atomic mass is 10.2. The molecule has 1 aromatic heterocycles. The summed E-state index contributed by atoms with van der Waals surface area (Å²) in [5.74, 6) is 0.695. The summed E-state index contributed by atoms with van der Waals surface area (Å²) in [7, 11) is 4.02. The maximum absolute atomic E-state index is 9.41. The van der Waals surface area contributed by atoms with Crippen molar-refractivity contribution in [3.63, 3.8) is 0 Å². The number of nitrogens with zero attached hydrogens (tertiary/aromatic N) is 2. The standard InChI is InChI=1S/C17H16N2O2/c1-19(2)13-6-3-12(4-7-13)5-10-17-18-15-9-8-14(20)11-16(15)21-17/h3-11,20H,1-2H3. The molecule has 0 saturated heterocycles. The van der Waals surface area contributed by atoms with Crippen molar-refractivity contribution in [3.8, 4) is 5.75 Å². The zero-order valence-corrected chi connectivity index (χ0v) is 11.9. The molecule has 2 aromatic carbocycles. The number of phenolic OH excluding ortho intramolecular Hbond substituents is 1. The fraction of sp³-hybridized carbons (Fsp3) is 0.118. The predicted molar refractivity (Wildman–Crippen MR) is 85.4 cm³/mol. The van der Waals surface area contributed by atoms with E-state index in [2.05, 4.69) is 22.0 Å². The number of anilines is 1. The largest absolute Gasteiger partial charge is 0.508 e. The molecule has 3 rings (SSSR count). The first-order valence-corrected chi connectivity index (χ1v) is 6.67. The van der Waals surface area contributed by atoms with Crippen molar-refractivity contribution in [1.29, 1.82) is 0 Å². The first-order chi connectivity index (χ1) is 10.1. The van der Waals surface area contributed by atoms with Crippen molar-refractivity contribution in [2.75, 3.05) is 19.0 Å². The zero-order valence-electron chi connectivity index (χ0n) is 11.9. The van der Waals surface area contributed by atoms with Gasteiger partial charge in [-0.15, -0.1) is 0 Å². The Labute approximate surface area is 123 Å². The molecule has 4 nitrogen and oxygen atoms in total. The number of aromatic nitrogens is 1. The van der Waals surface area contributed by atoms with Crippen LogP contribution in [0.1, 0.15) is 11.5 Å². The fourth-order valence-corrected chi connectivity index (χ4v) is 2.05. The summed E-state index contributed by atoms with van der Waals surface area (Å²) in [5.41, 5.74) is 3.54. The molecule has 0 saturated carbocycles. The third-order valence-electron chi connectivity index (χ3n) is 3.22. The lowest BCUT2D eigenvalue weighted by Gasteiger charge is -2.11. The molecule has 0 aliphatic carbocycles. The minimum absolute atomic E-state index is 0.174. The summed E-state index contributed by atoms with van der Waals surface area (Å²) >= 11 is 0. The molecular formula is C17H16N2O2. The molecule has 1 heterocycles. The summed E-state index contributed by atoms with van der Waals surface area (Å²) < 4.78 is 5.57. The number of benzene rings is 2. The van der Waals surface area contributed by atoms with Crippen LogP contribution in [0, 0.1) is 0 Å². The van der Waals surface area contributed by atoms with Gasteiger partial charge in [0.05, 0.1) is 0 Å². The SMILES string of the molecule is CN(C)c1ccc(C=Cc2nc3ccc(O)cc3o2)cc1. The van der Waals surface area contributed by atoms with Crippen LogP contribution >= 0.6 is 0 Å². The van der Waals surface area contributed by atoms with E-state index in [1.165, 1.54) is 0 Å². The highest BCUT2D eigenvalue weighted by molar-refractivity contribution is 5.77. The number of oxazole rings is 1. The molecule has 0 spiro atoms.